The molecule has 0 spiro atoms. The van der Waals surface area contributed by atoms with E-state index in [1.807, 2.05) is 30.3 Å². The van der Waals surface area contributed by atoms with Crippen LogP contribution in [0.5, 0.6) is 11.5 Å². The van der Waals surface area contributed by atoms with Gasteiger partial charge in [0.25, 0.3) is 0 Å². The summed E-state index contributed by atoms with van der Waals surface area (Å²) < 4.78 is 26.8. The van der Waals surface area contributed by atoms with Crippen LogP contribution in [0.2, 0.25) is 0 Å². The van der Waals surface area contributed by atoms with Gasteiger partial charge in [-0.3, -0.25) is 4.79 Å². The highest BCUT2D eigenvalue weighted by Gasteiger charge is 2.25. The summed E-state index contributed by atoms with van der Waals surface area (Å²) in [5.41, 5.74) is 4.35. The van der Waals surface area contributed by atoms with Gasteiger partial charge in [0, 0.05) is 17.5 Å². The van der Waals surface area contributed by atoms with Gasteiger partial charge in [-0.25, -0.2) is 18.7 Å². The van der Waals surface area contributed by atoms with Gasteiger partial charge < -0.3 is 15.5 Å². The SMILES string of the molecule is O=C(Cc1ccc(F)c(F)c1)Nc1nc2c(nc1Cc1ccccc1)-c1ccc(O)c(O)c1CC2. The number of hydrogen-bond acceptors (Lipinski definition) is 5. The zero-order chi connectivity index (χ0) is 24.5. The van der Waals surface area contributed by atoms with Crippen LogP contribution in [0.3, 0.4) is 0 Å². The van der Waals surface area contributed by atoms with Crippen molar-refractivity contribution in [3.63, 3.8) is 0 Å². The number of nitrogens with zero attached hydrogens (tertiary/aromatic N) is 2. The number of halogens is 2. The fraction of sp³-hybridized carbons (Fsp3) is 0.148. The van der Waals surface area contributed by atoms with Crippen molar-refractivity contribution >= 4 is 11.7 Å². The van der Waals surface area contributed by atoms with Gasteiger partial charge in [0.1, 0.15) is 0 Å². The van der Waals surface area contributed by atoms with Crippen LogP contribution in [-0.2, 0) is 30.5 Å². The molecule has 3 N–H and O–H groups in total. The fourth-order valence-corrected chi connectivity index (χ4v) is 4.26. The number of carbonyl (C=O) groups is 1. The zero-order valence-corrected chi connectivity index (χ0v) is 18.6. The van der Waals surface area contributed by atoms with Gasteiger partial charge in [-0.05, 0) is 48.2 Å². The number of nitrogens with one attached hydrogen (secondary N) is 1. The molecule has 1 aliphatic rings. The highest BCUT2D eigenvalue weighted by atomic mass is 19.2. The maximum atomic E-state index is 13.6. The van der Waals surface area contributed by atoms with Gasteiger partial charge >= 0.3 is 0 Å². The number of phenols is 2. The van der Waals surface area contributed by atoms with Crippen LogP contribution in [0.25, 0.3) is 11.3 Å². The molecule has 35 heavy (non-hydrogen) atoms. The molecule has 4 aromatic rings. The lowest BCUT2D eigenvalue weighted by molar-refractivity contribution is -0.115. The molecule has 8 heteroatoms. The number of hydrogen-bond donors (Lipinski definition) is 3. The summed E-state index contributed by atoms with van der Waals surface area (Å²) in [6.45, 7) is 0. The smallest absolute Gasteiger partial charge is 0.229 e. The Morgan fingerprint density at radius 3 is 2.49 bits per heavy atom. The standard InChI is InChI=1S/C27H21F2N3O3/c28-19-9-6-16(12-20(19)29)14-24(34)32-27-22(13-15-4-2-1-3-5-15)30-25-17-8-11-23(33)26(35)18(17)7-10-21(25)31-27/h1-6,8-9,11-12,33,35H,7,10,13-14H2,(H,31,32,34). The number of phenolic OH excluding ortho intramolecular Hbond substituents is 2. The van der Waals surface area contributed by atoms with Gasteiger partial charge in [0.05, 0.1) is 23.5 Å². The lowest BCUT2D eigenvalue weighted by atomic mass is 9.90. The van der Waals surface area contributed by atoms with Crippen LogP contribution in [0, 0.1) is 11.6 Å². The number of aryl methyl sites for hydroxylation is 1. The van der Waals surface area contributed by atoms with E-state index >= 15 is 0 Å². The van der Waals surface area contributed by atoms with E-state index in [2.05, 4.69) is 5.32 Å². The second-order valence-corrected chi connectivity index (χ2v) is 8.41. The first-order valence-electron chi connectivity index (χ1n) is 11.1. The number of carbonyl (C=O) groups excluding carboxylic acids is 1. The quantitative estimate of drug-likeness (QED) is 0.365. The van der Waals surface area contributed by atoms with Gasteiger partial charge in [0.15, 0.2) is 29.0 Å². The van der Waals surface area contributed by atoms with Crippen LogP contribution in [-0.4, -0.2) is 26.1 Å². The molecule has 0 bridgehead atoms. The van der Waals surface area contributed by atoms with E-state index in [9.17, 15) is 23.8 Å². The molecule has 0 fully saturated rings. The molecular formula is C27H21F2N3O3. The van der Waals surface area contributed by atoms with Crippen molar-refractivity contribution in [3.8, 4) is 22.8 Å². The molecule has 0 saturated carbocycles. The normalized spacial score (nSPS) is 12.1. The van der Waals surface area contributed by atoms with Gasteiger partial charge in [0.2, 0.25) is 5.91 Å². The number of rotatable bonds is 5. The molecule has 0 atom stereocenters. The van der Waals surface area contributed by atoms with Crippen LogP contribution < -0.4 is 5.32 Å². The van der Waals surface area contributed by atoms with E-state index in [1.165, 1.54) is 12.1 Å². The average Bonchev–Trinajstić information content (AvgIpc) is 2.84. The van der Waals surface area contributed by atoms with Crippen molar-refractivity contribution < 1.29 is 23.8 Å². The van der Waals surface area contributed by atoms with E-state index in [-0.39, 0.29) is 17.9 Å². The number of anilines is 1. The van der Waals surface area contributed by atoms with Crippen LogP contribution in [0.1, 0.15) is 28.1 Å². The summed E-state index contributed by atoms with van der Waals surface area (Å²) in [6, 6.07) is 16.0. The minimum absolute atomic E-state index is 0.156. The molecule has 3 aromatic carbocycles. The van der Waals surface area contributed by atoms with Gasteiger partial charge in [-0.2, -0.15) is 0 Å². The summed E-state index contributed by atoms with van der Waals surface area (Å²) in [5, 5.41) is 23.0. The Balaban J connectivity index is 1.51. The maximum Gasteiger partial charge on any atom is 0.229 e. The van der Waals surface area contributed by atoms with Crippen LogP contribution in [0.4, 0.5) is 14.6 Å². The third kappa shape index (κ3) is 4.55. The summed E-state index contributed by atoms with van der Waals surface area (Å²) in [6.07, 6.45) is 1.15. The van der Waals surface area contributed by atoms with Crippen molar-refractivity contribution in [1.82, 2.24) is 9.97 Å². The summed E-state index contributed by atoms with van der Waals surface area (Å²) >= 11 is 0. The molecule has 0 unspecified atom stereocenters. The summed E-state index contributed by atoms with van der Waals surface area (Å²) in [5.74, 6) is -2.47. The van der Waals surface area contributed by atoms with Gasteiger partial charge in [-0.1, -0.05) is 36.4 Å². The molecule has 1 aliphatic carbocycles. The zero-order valence-electron chi connectivity index (χ0n) is 18.6. The second kappa shape index (κ2) is 9.13. The van der Waals surface area contributed by atoms with Crippen molar-refractivity contribution in [3.05, 3.63) is 100 Å². The first kappa shape index (κ1) is 22.5. The van der Waals surface area contributed by atoms with Crippen LogP contribution in [0.15, 0.2) is 60.7 Å². The molecule has 1 heterocycles. The van der Waals surface area contributed by atoms with E-state index in [4.69, 9.17) is 9.97 Å². The summed E-state index contributed by atoms with van der Waals surface area (Å²) in [7, 11) is 0. The highest BCUT2D eigenvalue weighted by molar-refractivity contribution is 5.92. The monoisotopic (exact) mass is 473 g/mol. The first-order chi connectivity index (χ1) is 16.9. The van der Waals surface area contributed by atoms with E-state index in [0.29, 0.717) is 58.9 Å². The minimum Gasteiger partial charge on any atom is -0.504 e. The number of amides is 1. The molecule has 0 aliphatic heterocycles. The molecular weight excluding hydrogens is 452 g/mol. The third-order valence-corrected chi connectivity index (χ3v) is 5.99. The van der Waals surface area contributed by atoms with Crippen molar-refractivity contribution in [1.29, 1.82) is 0 Å². The molecule has 6 nitrogen and oxygen atoms in total. The van der Waals surface area contributed by atoms with Crippen molar-refractivity contribution in [2.75, 3.05) is 5.32 Å². The van der Waals surface area contributed by atoms with Crippen LogP contribution >= 0.6 is 0 Å². The molecule has 0 saturated heterocycles. The first-order valence-corrected chi connectivity index (χ1v) is 11.1. The predicted octanol–water partition coefficient (Wildman–Crippen LogP) is 4.70. The molecule has 1 aromatic heterocycles. The number of fused-ring (bicyclic) bond motifs is 3. The topological polar surface area (TPSA) is 95.3 Å². The third-order valence-electron chi connectivity index (χ3n) is 5.99. The minimum atomic E-state index is -1.01. The Bertz CT molecular complexity index is 1440. The Morgan fingerprint density at radius 1 is 0.914 bits per heavy atom. The van der Waals surface area contributed by atoms with E-state index < -0.39 is 17.5 Å². The fourth-order valence-electron chi connectivity index (χ4n) is 4.26. The van der Waals surface area contributed by atoms with Crippen molar-refractivity contribution in [2.24, 2.45) is 0 Å². The van der Waals surface area contributed by atoms with Gasteiger partial charge in [-0.15, -0.1) is 0 Å². The largest absolute Gasteiger partial charge is 0.504 e. The second-order valence-electron chi connectivity index (χ2n) is 8.41. The molecule has 0 radical (unpaired) electrons. The summed E-state index contributed by atoms with van der Waals surface area (Å²) in [4.78, 5) is 22.3. The predicted molar refractivity (Wildman–Crippen MR) is 126 cm³/mol. The number of aromatic nitrogens is 2. The highest BCUT2D eigenvalue weighted by Crippen LogP contribution is 2.41. The Kier molecular flexibility index (Phi) is 5.86. The molecule has 5 rings (SSSR count). The van der Waals surface area contributed by atoms with E-state index in [1.54, 1.807) is 6.07 Å². The maximum absolute atomic E-state index is 13.6. The Hall–Kier alpha value is -4.33. The average molecular weight is 473 g/mol. The number of benzene rings is 3. The lowest BCUT2D eigenvalue weighted by Crippen LogP contribution is -2.20. The van der Waals surface area contributed by atoms with Crippen molar-refractivity contribution in [2.45, 2.75) is 25.7 Å². The molecule has 176 valence electrons. The Labute approximate surface area is 199 Å². The van der Waals surface area contributed by atoms with E-state index in [0.717, 1.165) is 17.7 Å². The molecule has 1 amide bonds. The Morgan fingerprint density at radius 2 is 1.71 bits per heavy atom. The lowest BCUT2D eigenvalue weighted by Gasteiger charge is -2.22. The number of aromatic hydroxyl groups is 2.